The molecule has 2 heterocycles. The van der Waals surface area contributed by atoms with Gasteiger partial charge in [0.15, 0.2) is 0 Å². The van der Waals surface area contributed by atoms with E-state index in [1.165, 1.54) is 12.3 Å². The van der Waals surface area contributed by atoms with E-state index in [2.05, 4.69) is 26.2 Å². The van der Waals surface area contributed by atoms with Crippen molar-refractivity contribution in [3.8, 4) is 0 Å². The van der Waals surface area contributed by atoms with Crippen LogP contribution < -0.4 is 5.32 Å². The molecule has 86 valence electrons. The highest BCUT2D eigenvalue weighted by Crippen LogP contribution is 2.26. The molecule has 1 aromatic rings. The van der Waals surface area contributed by atoms with Gasteiger partial charge in [-0.25, -0.2) is 4.98 Å². The summed E-state index contributed by atoms with van der Waals surface area (Å²) in [6, 6.07) is 1.54. The SMILES string of the molecule is O=[N+]([O-])c1cc(Br)cnc1NC1CCOC1. The van der Waals surface area contributed by atoms with Gasteiger partial charge < -0.3 is 10.1 Å². The van der Waals surface area contributed by atoms with E-state index in [-0.39, 0.29) is 11.7 Å². The van der Waals surface area contributed by atoms with Crippen molar-refractivity contribution in [2.45, 2.75) is 12.5 Å². The van der Waals surface area contributed by atoms with E-state index in [1.807, 2.05) is 0 Å². The molecule has 0 aliphatic carbocycles. The van der Waals surface area contributed by atoms with Crippen molar-refractivity contribution in [3.05, 3.63) is 26.9 Å². The predicted molar refractivity (Wildman–Crippen MR) is 61.4 cm³/mol. The minimum atomic E-state index is -0.449. The Bertz CT molecular complexity index is 407. The van der Waals surface area contributed by atoms with Crippen molar-refractivity contribution in [3.63, 3.8) is 0 Å². The van der Waals surface area contributed by atoms with Gasteiger partial charge in [-0.1, -0.05) is 0 Å². The van der Waals surface area contributed by atoms with Gasteiger partial charge in [0.2, 0.25) is 5.82 Å². The van der Waals surface area contributed by atoms with Crippen LogP contribution in [0.1, 0.15) is 6.42 Å². The fraction of sp³-hybridized carbons (Fsp3) is 0.444. The fourth-order valence-electron chi connectivity index (χ4n) is 1.52. The number of aromatic nitrogens is 1. The van der Waals surface area contributed by atoms with Crippen LogP contribution in [0.5, 0.6) is 0 Å². The number of hydrogen-bond acceptors (Lipinski definition) is 5. The number of pyridine rings is 1. The Balaban J connectivity index is 2.21. The summed E-state index contributed by atoms with van der Waals surface area (Å²) < 4.78 is 5.77. The number of nitrogens with one attached hydrogen (secondary N) is 1. The van der Waals surface area contributed by atoms with Crippen molar-refractivity contribution in [2.24, 2.45) is 0 Å². The standard InChI is InChI=1S/C9H10BrN3O3/c10-6-3-8(13(14)15)9(11-4-6)12-7-1-2-16-5-7/h3-4,7H,1-2,5H2,(H,11,12). The van der Waals surface area contributed by atoms with Gasteiger partial charge in [0.1, 0.15) is 0 Å². The van der Waals surface area contributed by atoms with Crippen LogP contribution in [0.4, 0.5) is 11.5 Å². The molecule has 6 nitrogen and oxygen atoms in total. The summed E-state index contributed by atoms with van der Waals surface area (Å²) in [5, 5.41) is 13.8. The maximum absolute atomic E-state index is 10.8. The first kappa shape index (κ1) is 11.3. The van der Waals surface area contributed by atoms with E-state index in [0.717, 1.165) is 6.42 Å². The molecule has 0 spiro atoms. The summed E-state index contributed by atoms with van der Waals surface area (Å²) in [6.07, 6.45) is 2.38. The molecule has 1 atom stereocenters. The largest absolute Gasteiger partial charge is 0.379 e. The van der Waals surface area contributed by atoms with Crippen molar-refractivity contribution >= 4 is 27.4 Å². The second-order valence-corrected chi connectivity index (χ2v) is 4.40. The van der Waals surface area contributed by atoms with Crippen LogP contribution in [0.25, 0.3) is 0 Å². The van der Waals surface area contributed by atoms with E-state index in [9.17, 15) is 10.1 Å². The summed E-state index contributed by atoms with van der Waals surface area (Å²) in [5.74, 6) is 0.295. The quantitative estimate of drug-likeness (QED) is 0.679. The Morgan fingerprint density at radius 1 is 1.69 bits per heavy atom. The molecule has 1 aliphatic heterocycles. The molecule has 0 radical (unpaired) electrons. The molecule has 0 saturated carbocycles. The Morgan fingerprint density at radius 3 is 3.12 bits per heavy atom. The lowest BCUT2D eigenvalue weighted by molar-refractivity contribution is -0.384. The van der Waals surface area contributed by atoms with Gasteiger partial charge >= 0.3 is 5.69 Å². The molecule has 7 heteroatoms. The second kappa shape index (κ2) is 4.75. The van der Waals surface area contributed by atoms with E-state index < -0.39 is 4.92 Å². The predicted octanol–water partition coefficient (Wildman–Crippen LogP) is 1.95. The molecular weight excluding hydrogens is 278 g/mol. The lowest BCUT2D eigenvalue weighted by Crippen LogP contribution is -2.20. The first-order valence-electron chi connectivity index (χ1n) is 4.81. The Morgan fingerprint density at radius 2 is 2.50 bits per heavy atom. The van der Waals surface area contributed by atoms with Crippen LogP contribution >= 0.6 is 15.9 Å². The van der Waals surface area contributed by atoms with Crippen LogP contribution in [-0.2, 0) is 4.74 Å². The van der Waals surface area contributed by atoms with Crippen LogP contribution in [0.2, 0.25) is 0 Å². The van der Waals surface area contributed by atoms with Crippen LogP contribution in [-0.4, -0.2) is 29.2 Å². The highest BCUT2D eigenvalue weighted by molar-refractivity contribution is 9.10. The number of nitrogens with zero attached hydrogens (tertiary/aromatic N) is 2. The number of anilines is 1. The van der Waals surface area contributed by atoms with Gasteiger partial charge in [-0.15, -0.1) is 0 Å². The number of nitro groups is 1. The monoisotopic (exact) mass is 287 g/mol. The first-order valence-corrected chi connectivity index (χ1v) is 5.60. The molecule has 1 aromatic heterocycles. The van der Waals surface area contributed by atoms with Crippen molar-refractivity contribution in [1.29, 1.82) is 0 Å². The van der Waals surface area contributed by atoms with Gasteiger partial charge in [0.05, 0.1) is 17.6 Å². The van der Waals surface area contributed by atoms with Crippen molar-refractivity contribution < 1.29 is 9.66 Å². The minimum absolute atomic E-state index is 0.0266. The third kappa shape index (κ3) is 2.48. The normalized spacial score (nSPS) is 19.7. The van der Waals surface area contributed by atoms with Gasteiger partial charge in [0, 0.05) is 23.3 Å². The molecule has 1 fully saturated rings. The van der Waals surface area contributed by atoms with E-state index in [4.69, 9.17) is 4.74 Å². The molecule has 0 amide bonds. The molecule has 1 aliphatic rings. The van der Waals surface area contributed by atoms with Crippen molar-refractivity contribution in [2.75, 3.05) is 18.5 Å². The summed E-state index contributed by atoms with van der Waals surface area (Å²) in [4.78, 5) is 14.4. The maximum Gasteiger partial charge on any atom is 0.312 e. The van der Waals surface area contributed by atoms with Gasteiger partial charge in [-0.2, -0.15) is 0 Å². The zero-order valence-corrected chi connectivity index (χ0v) is 9.94. The average Bonchev–Trinajstić information content (AvgIpc) is 2.73. The number of ether oxygens (including phenoxy) is 1. The van der Waals surface area contributed by atoms with Gasteiger partial charge in [-0.05, 0) is 22.4 Å². The molecule has 2 rings (SSSR count). The highest BCUT2D eigenvalue weighted by Gasteiger charge is 2.21. The van der Waals surface area contributed by atoms with E-state index in [1.54, 1.807) is 0 Å². The smallest absolute Gasteiger partial charge is 0.312 e. The lowest BCUT2D eigenvalue weighted by atomic mass is 10.2. The van der Waals surface area contributed by atoms with E-state index in [0.29, 0.717) is 23.5 Å². The second-order valence-electron chi connectivity index (χ2n) is 3.48. The minimum Gasteiger partial charge on any atom is -0.379 e. The molecular formula is C9H10BrN3O3. The Labute approximate surface area is 100 Å². The lowest BCUT2D eigenvalue weighted by Gasteiger charge is -2.11. The van der Waals surface area contributed by atoms with Crippen LogP contribution in [0, 0.1) is 10.1 Å². The molecule has 1 unspecified atom stereocenters. The van der Waals surface area contributed by atoms with E-state index >= 15 is 0 Å². The van der Waals surface area contributed by atoms with Crippen LogP contribution in [0.15, 0.2) is 16.7 Å². The Kier molecular flexibility index (Phi) is 3.35. The molecule has 16 heavy (non-hydrogen) atoms. The fourth-order valence-corrected chi connectivity index (χ4v) is 1.84. The average molecular weight is 288 g/mol. The number of rotatable bonds is 3. The highest BCUT2D eigenvalue weighted by atomic mass is 79.9. The summed E-state index contributed by atoms with van der Waals surface area (Å²) in [5.41, 5.74) is -0.0266. The summed E-state index contributed by atoms with van der Waals surface area (Å²) >= 11 is 3.16. The third-order valence-corrected chi connectivity index (χ3v) is 2.74. The van der Waals surface area contributed by atoms with Crippen molar-refractivity contribution in [1.82, 2.24) is 4.98 Å². The Hall–Kier alpha value is -1.21. The summed E-state index contributed by atoms with van der Waals surface area (Å²) in [7, 11) is 0. The topological polar surface area (TPSA) is 77.3 Å². The molecule has 0 aromatic carbocycles. The maximum atomic E-state index is 10.8. The first-order chi connectivity index (χ1) is 7.66. The van der Waals surface area contributed by atoms with Crippen LogP contribution in [0.3, 0.4) is 0 Å². The zero-order chi connectivity index (χ0) is 11.5. The van der Waals surface area contributed by atoms with Gasteiger partial charge in [0.25, 0.3) is 0 Å². The third-order valence-electron chi connectivity index (χ3n) is 2.30. The molecule has 1 N–H and O–H groups in total. The summed E-state index contributed by atoms with van der Waals surface area (Å²) in [6.45, 7) is 1.25. The molecule has 1 saturated heterocycles. The number of hydrogen-bond donors (Lipinski definition) is 1. The molecule has 0 bridgehead atoms. The number of halogens is 1. The van der Waals surface area contributed by atoms with Gasteiger partial charge in [-0.3, -0.25) is 10.1 Å². The zero-order valence-electron chi connectivity index (χ0n) is 8.35.